The van der Waals surface area contributed by atoms with Crippen LogP contribution in [0.5, 0.6) is 0 Å². The first-order valence-corrected chi connectivity index (χ1v) is 9.72. The zero-order valence-corrected chi connectivity index (χ0v) is 16.7. The predicted octanol–water partition coefficient (Wildman–Crippen LogP) is 4.65. The number of aryl methyl sites for hydroxylation is 1. The van der Waals surface area contributed by atoms with Crippen molar-refractivity contribution in [1.82, 2.24) is 15.3 Å². The van der Waals surface area contributed by atoms with Gasteiger partial charge in [0.15, 0.2) is 0 Å². The van der Waals surface area contributed by atoms with Crippen molar-refractivity contribution in [2.24, 2.45) is 0 Å². The van der Waals surface area contributed by atoms with Crippen LogP contribution in [0.2, 0.25) is 0 Å². The second-order valence-electron chi connectivity index (χ2n) is 6.86. The van der Waals surface area contributed by atoms with Gasteiger partial charge < -0.3 is 14.6 Å². The number of benzene rings is 2. The quantitative estimate of drug-likeness (QED) is 0.491. The van der Waals surface area contributed by atoms with E-state index in [9.17, 15) is 4.79 Å². The summed E-state index contributed by atoms with van der Waals surface area (Å²) in [6.45, 7) is 2.75. The Morgan fingerprint density at radius 3 is 2.40 bits per heavy atom. The molecule has 1 amide bonds. The largest absolute Gasteiger partial charge is 0.467 e. The lowest BCUT2D eigenvalue weighted by atomic mass is 10.2. The number of nitrogens with zero attached hydrogens (tertiary/aromatic N) is 3. The summed E-state index contributed by atoms with van der Waals surface area (Å²) >= 11 is 0. The van der Waals surface area contributed by atoms with Crippen LogP contribution in [0.25, 0.3) is 0 Å². The lowest BCUT2D eigenvalue weighted by Crippen LogP contribution is -2.26. The van der Waals surface area contributed by atoms with E-state index in [4.69, 9.17) is 4.42 Å². The summed E-state index contributed by atoms with van der Waals surface area (Å²) in [4.78, 5) is 23.9. The Hall–Kier alpha value is -3.93. The molecule has 0 fully saturated rings. The summed E-state index contributed by atoms with van der Waals surface area (Å²) in [6, 6.07) is 25.3. The molecule has 0 bridgehead atoms. The number of hydrogen-bond acceptors (Lipinski definition) is 5. The van der Waals surface area contributed by atoms with Crippen LogP contribution in [0.3, 0.4) is 0 Å². The van der Waals surface area contributed by atoms with Gasteiger partial charge in [-0.25, -0.2) is 9.97 Å². The van der Waals surface area contributed by atoms with E-state index in [0.717, 1.165) is 16.9 Å². The van der Waals surface area contributed by atoms with Gasteiger partial charge in [0.2, 0.25) is 5.95 Å². The predicted molar refractivity (Wildman–Crippen MR) is 115 cm³/mol. The molecule has 2 aromatic heterocycles. The van der Waals surface area contributed by atoms with E-state index in [2.05, 4.69) is 27.4 Å². The van der Waals surface area contributed by atoms with Crippen molar-refractivity contribution in [3.63, 3.8) is 0 Å². The number of anilines is 2. The molecule has 4 rings (SSSR count). The minimum absolute atomic E-state index is 0.272. The van der Waals surface area contributed by atoms with Gasteiger partial charge in [-0.3, -0.25) is 4.79 Å². The van der Waals surface area contributed by atoms with E-state index in [0.29, 0.717) is 30.5 Å². The van der Waals surface area contributed by atoms with E-state index in [-0.39, 0.29) is 5.91 Å². The van der Waals surface area contributed by atoms with Gasteiger partial charge in [0, 0.05) is 11.4 Å². The van der Waals surface area contributed by atoms with Crippen molar-refractivity contribution in [3.8, 4) is 0 Å². The van der Waals surface area contributed by atoms with Crippen molar-refractivity contribution in [2.45, 2.75) is 20.0 Å². The van der Waals surface area contributed by atoms with Crippen molar-refractivity contribution in [1.29, 1.82) is 0 Å². The molecule has 2 heterocycles. The average Bonchev–Trinajstić information content (AvgIpc) is 3.30. The van der Waals surface area contributed by atoms with Crippen molar-refractivity contribution >= 4 is 17.5 Å². The second kappa shape index (κ2) is 9.05. The molecule has 0 saturated carbocycles. The van der Waals surface area contributed by atoms with Gasteiger partial charge in [-0.1, -0.05) is 48.5 Å². The molecule has 4 aromatic rings. The summed E-state index contributed by atoms with van der Waals surface area (Å²) in [6.07, 6.45) is 1.58. The topological polar surface area (TPSA) is 71.3 Å². The van der Waals surface area contributed by atoms with Gasteiger partial charge in [-0.15, -0.1) is 0 Å². The van der Waals surface area contributed by atoms with Crippen LogP contribution in [0.4, 0.5) is 11.6 Å². The first kappa shape index (κ1) is 19.4. The SMILES string of the molecule is Cc1cc(C(=O)NCc2ccco2)nc(N(Cc2ccccc2)c2ccccc2)n1. The molecule has 0 atom stereocenters. The van der Waals surface area contributed by atoms with Gasteiger partial charge in [-0.05, 0) is 42.8 Å². The standard InChI is InChI=1S/C24H22N4O2/c1-18-15-22(23(29)25-16-21-13-8-14-30-21)27-24(26-18)28(20-11-6-3-7-12-20)17-19-9-4-2-5-10-19/h2-15H,16-17H2,1H3,(H,25,29). The maximum atomic E-state index is 12.7. The van der Waals surface area contributed by atoms with Crippen LogP contribution in [-0.4, -0.2) is 15.9 Å². The fourth-order valence-electron chi connectivity index (χ4n) is 3.11. The summed E-state index contributed by atoms with van der Waals surface area (Å²) in [7, 11) is 0. The number of carbonyl (C=O) groups excluding carboxylic acids is 1. The molecule has 0 radical (unpaired) electrons. The van der Waals surface area contributed by atoms with E-state index >= 15 is 0 Å². The van der Waals surface area contributed by atoms with Gasteiger partial charge >= 0.3 is 0 Å². The molecule has 0 aliphatic rings. The van der Waals surface area contributed by atoms with Gasteiger partial charge in [0.25, 0.3) is 5.91 Å². The van der Waals surface area contributed by atoms with E-state index in [1.807, 2.05) is 66.4 Å². The third-order valence-corrected chi connectivity index (χ3v) is 4.57. The summed E-state index contributed by atoms with van der Waals surface area (Å²) in [5, 5.41) is 2.84. The lowest BCUT2D eigenvalue weighted by Gasteiger charge is -2.23. The van der Waals surface area contributed by atoms with Gasteiger partial charge in [0.1, 0.15) is 11.5 Å². The zero-order chi connectivity index (χ0) is 20.8. The Bertz CT molecular complexity index is 1100. The van der Waals surface area contributed by atoms with Crippen molar-refractivity contribution < 1.29 is 9.21 Å². The highest BCUT2D eigenvalue weighted by Gasteiger charge is 2.17. The van der Waals surface area contributed by atoms with Crippen LogP contribution in [0.15, 0.2) is 89.5 Å². The van der Waals surface area contributed by atoms with Crippen LogP contribution >= 0.6 is 0 Å². The molecule has 0 aliphatic carbocycles. The fourth-order valence-corrected chi connectivity index (χ4v) is 3.11. The number of rotatable bonds is 7. The monoisotopic (exact) mass is 398 g/mol. The molecule has 0 spiro atoms. The highest BCUT2D eigenvalue weighted by molar-refractivity contribution is 5.92. The molecule has 0 saturated heterocycles. The highest BCUT2D eigenvalue weighted by atomic mass is 16.3. The Morgan fingerprint density at radius 1 is 0.967 bits per heavy atom. The molecular formula is C24H22N4O2. The van der Waals surface area contributed by atoms with Crippen LogP contribution in [0, 0.1) is 6.92 Å². The molecule has 150 valence electrons. The number of amides is 1. The van der Waals surface area contributed by atoms with E-state index in [1.165, 1.54) is 0 Å². The Morgan fingerprint density at radius 2 is 1.70 bits per heavy atom. The van der Waals surface area contributed by atoms with E-state index in [1.54, 1.807) is 18.4 Å². The molecule has 6 heteroatoms. The normalized spacial score (nSPS) is 10.6. The van der Waals surface area contributed by atoms with E-state index < -0.39 is 0 Å². The highest BCUT2D eigenvalue weighted by Crippen LogP contribution is 2.25. The maximum Gasteiger partial charge on any atom is 0.270 e. The first-order valence-electron chi connectivity index (χ1n) is 9.72. The minimum atomic E-state index is -0.272. The molecule has 2 aromatic carbocycles. The van der Waals surface area contributed by atoms with Gasteiger partial charge in [0.05, 0.1) is 19.4 Å². The Kier molecular flexibility index (Phi) is 5.85. The van der Waals surface area contributed by atoms with Crippen LogP contribution in [0.1, 0.15) is 27.5 Å². The summed E-state index contributed by atoms with van der Waals surface area (Å²) in [5.74, 6) is 0.892. The second-order valence-corrected chi connectivity index (χ2v) is 6.86. The summed E-state index contributed by atoms with van der Waals surface area (Å²) < 4.78 is 5.27. The van der Waals surface area contributed by atoms with Crippen LogP contribution < -0.4 is 10.2 Å². The molecule has 1 N–H and O–H groups in total. The fraction of sp³-hybridized carbons (Fsp3) is 0.125. The Labute approximate surface area is 175 Å². The van der Waals surface area contributed by atoms with Crippen molar-refractivity contribution in [3.05, 3.63) is 108 Å². The number of aromatic nitrogens is 2. The zero-order valence-electron chi connectivity index (χ0n) is 16.7. The third kappa shape index (κ3) is 4.72. The first-order chi connectivity index (χ1) is 14.7. The molecular weight excluding hydrogens is 376 g/mol. The number of furan rings is 1. The number of carbonyl (C=O) groups is 1. The third-order valence-electron chi connectivity index (χ3n) is 4.57. The van der Waals surface area contributed by atoms with Crippen molar-refractivity contribution in [2.75, 3.05) is 4.90 Å². The average molecular weight is 398 g/mol. The maximum absolute atomic E-state index is 12.7. The smallest absolute Gasteiger partial charge is 0.270 e. The molecule has 6 nitrogen and oxygen atoms in total. The molecule has 0 aliphatic heterocycles. The number of para-hydroxylation sites is 1. The van der Waals surface area contributed by atoms with Gasteiger partial charge in [-0.2, -0.15) is 0 Å². The molecule has 30 heavy (non-hydrogen) atoms. The summed E-state index contributed by atoms with van der Waals surface area (Å²) in [5.41, 5.74) is 3.11. The Balaban J connectivity index is 1.64. The lowest BCUT2D eigenvalue weighted by molar-refractivity contribution is 0.0943. The minimum Gasteiger partial charge on any atom is -0.467 e. The van der Waals surface area contributed by atoms with Crippen LogP contribution in [-0.2, 0) is 13.1 Å². The number of nitrogens with one attached hydrogen (secondary N) is 1. The number of hydrogen-bond donors (Lipinski definition) is 1. The molecule has 0 unspecified atom stereocenters.